The highest BCUT2D eigenvalue weighted by molar-refractivity contribution is 5.78. The molecular weight excluding hydrogens is 290 g/mol. The third-order valence-corrected chi connectivity index (χ3v) is 5.23. The van der Waals surface area contributed by atoms with Gasteiger partial charge in [0.15, 0.2) is 0 Å². The third kappa shape index (κ3) is 4.57. The van der Waals surface area contributed by atoms with Crippen molar-refractivity contribution in [1.29, 1.82) is 0 Å². The molecule has 0 bridgehead atoms. The summed E-state index contributed by atoms with van der Waals surface area (Å²) >= 11 is 0. The zero-order chi connectivity index (χ0) is 16.9. The maximum atomic E-state index is 12.3. The van der Waals surface area contributed by atoms with Crippen LogP contribution in [0.1, 0.15) is 63.9 Å². The Balaban J connectivity index is 1.82. The molecule has 0 aromatic heterocycles. The van der Waals surface area contributed by atoms with Gasteiger partial charge in [-0.1, -0.05) is 44.2 Å². The number of aliphatic carboxylic acids is 1. The second-order valence-electron chi connectivity index (χ2n) is 6.76. The van der Waals surface area contributed by atoms with Gasteiger partial charge in [0.1, 0.15) is 0 Å². The molecule has 0 saturated heterocycles. The molecule has 0 atom stereocenters. The second kappa shape index (κ2) is 7.62. The minimum absolute atomic E-state index is 0.00791. The fourth-order valence-corrected chi connectivity index (χ4v) is 3.52. The van der Waals surface area contributed by atoms with Crippen LogP contribution in [-0.4, -0.2) is 22.5 Å². The Bertz CT molecular complexity index is 531. The molecule has 0 radical (unpaired) electrons. The van der Waals surface area contributed by atoms with Gasteiger partial charge in [0.2, 0.25) is 5.91 Å². The first kappa shape index (κ1) is 17.5. The first-order valence-corrected chi connectivity index (χ1v) is 8.55. The van der Waals surface area contributed by atoms with E-state index in [-0.39, 0.29) is 12.3 Å². The number of carboxylic acids is 1. The molecule has 4 heteroatoms. The van der Waals surface area contributed by atoms with Crippen molar-refractivity contribution in [3.63, 3.8) is 0 Å². The molecule has 0 spiro atoms. The van der Waals surface area contributed by atoms with Crippen LogP contribution in [0.25, 0.3) is 0 Å². The van der Waals surface area contributed by atoms with Gasteiger partial charge in [0.05, 0.1) is 6.42 Å². The molecule has 4 nitrogen and oxygen atoms in total. The van der Waals surface area contributed by atoms with E-state index in [9.17, 15) is 9.59 Å². The lowest BCUT2D eigenvalue weighted by Gasteiger charge is -2.37. The van der Waals surface area contributed by atoms with Crippen molar-refractivity contribution in [2.24, 2.45) is 5.92 Å². The lowest BCUT2D eigenvalue weighted by atomic mass is 9.70. The molecule has 1 aliphatic rings. The van der Waals surface area contributed by atoms with Crippen LogP contribution in [0.15, 0.2) is 30.3 Å². The van der Waals surface area contributed by atoms with Gasteiger partial charge >= 0.3 is 5.97 Å². The molecule has 2 N–H and O–H groups in total. The van der Waals surface area contributed by atoms with Gasteiger partial charge in [0.25, 0.3) is 0 Å². The molecule has 0 unspecified atom stereocenters. The molecule has 1 aromatic carbocycles. The lowest BCUT2D eigenvalue weighted by molar-refractivity contribution is -0.139. The van der Waals surface area contributed by atoms with Gasteiger partial charge in [-0.15, -0.1) is 0 Å². The number of carbonyl (C=O) groups is 2. The highest BCUT2D eigenvalue weighted by Gasteiger charge is 2.35. The van der Waals surface area contributed by atoms with Crippen LogP contribution in [0.4, 0.5) is 0 Å². The van der Waals surface area contributed by atoms with Crippen LogP contribution in [0, 0.1) is 5.92 Å². The fraction of sp³-hybridized carbons (Fsp3) is 0.579. The largest absolute Gasteiger partial charge is 0.481 e. The summed E-state index contributed by atoms with van der Waals surface area (Å²) in [5.74, 6) is 0.111. The van der Waals surface area contributed by atoms with Crippen molar-refractivity contribution >= 4 is 11.9 Å². The predicted molar refractivity (Wildman–Crippen MR) is 90.2 cm³/mol. The number of hydrogen-bond acceptors (Lipinski definition) is 2. The van der Waals surface area contributed by atoms with Crippen LogP contribution in [0.2, 0.25) is 0 Å². The molecule has 1 saturated carbocycles. The minimum atomic E-state index is -0.859. The van der Waals surface area contributed by atoms with Crippen molar-refractivity contribution < 1.29 is 14.7 Å². The zero-order valence-electron chi connectivity index (χ0n) is 14.0. The van der Waals surface area contributed by atoms with E-state index in [4.69, 9.17) is 5.11 Å². The van der Waals surface area contributed by atoms with E-state index in [1.807, 2.05) is 19.9 Å². The van der Waals surface area contributed by atoms with Crippen LogP contribution in [0.3, 0.4) is 0 Å². The van der Waals surface area contributed by atoms with Gasteiger partial charge in [0, 0.05) is 12.0 Å². The molecule has 126 valence electrons. The number of rotatable bonds is 8. The van der Waals surface area contributed by atoms with Crippen LogP contribution >= 0.6 is 0 Å². The first-order valence-electron chi connectivity index (χ1n) is 8.55. The van der Waals surface area contributed by atoms with E-state index >= 15 is 0 Å². The summed E-state index contributed by atoms with van der Waals surface area (Å²) in [4.78, 5) is 23.4. The van der Waals surface area contributed by atoms with Gasteiger partial charge in [-0.05, 0) is 43.1 Å². The van der Waals surface area contributed by atoms with E-state index in [2.05, 4.69) is 29.6 Å². The Labute approximate surface area is 138 Å². The topological polar surface area (TPSA) is 66.4 Å². The Hall–Kier alpha value is -1.84. The number of nitrogens with one attached hydrogen (secondary N) is 1. The summed E-state index contributed by atoms with van der Waals surface area (Å²) in [5.41, 5.74) is 0.748. The molecule has 1 aromatic rings. The number of benzene rings is 1. The zero-order valence-corrected chi connectivity index (χ0v) is 14.0. The smallest absolute Gasteiger partial charge is 0.305 e. The molecule has 0 heterocycles. The molecule has 2 rings (SSSR count). The third-order valence-electron chi connectivity index (χ3n) is 5.23. The standard InChI is InChI=1S/C19H27NO3/c1-3-19(4-2,13-18(22)23)20-17(21)12-14-10-16(11-14)15-8-6-5-7-9-15/h5-9,14,16H,3-4,10-13H2,1-2H3,(H,20,21)(H,22,23). The predicted octanol–water partition coefficient (Wildman–Crippen LogP) is 3.72. The summed E-state index contributed by atoms with van der Waals surface area (Å²) in [6.45, 7) is 3.86. The van der Waals surface area contributed by atoms with Crippen LogP contribution < -0.4 is 5.32 Å². The highest BCUT2D eigenvalue weighted by Crippen LogP contribution is 2.43. The number of amides is 1. The normalized spacial score (nSPS) is 20.6. The van der Waals surface area contributed by atoms with Gasteiger partial charge in [-0.2, -0.15) is 0 Å². The first-order chi connectivity index (χ1) is 11.0. The van der Waals surface area contributed by atoms with E-state index in [0.717, 1.165) is 12.8 Å². The number of hydrogen-bond donors (Lipinski definition) is 2. The minimum Gasteiger partial charge on any atom is -0.481 e. The quantitative estimate of drug-likeness (QED) is 0.768. The van der Waals surface area contributed by atoms with Crippen molar-refractivity contribution in [2.45, 2.75) is 63.8 Å². The lowest BCUT2D eigenvalue weighted by Crippen LogP contribution is -2.49. The summed E-state index contributed by atoms with van der Waals surface area (Å²) in [7, 11) is 0. The average Bonchev–Trinajstić information content (AvgIpc) is 2.50. The van der Waals surface area contributed by atoms with Gasteiger partial charge in [-0.3, -0.25) is 9.59 Å². The maximum absolute atomic E-state index is 12.3. The SMILES string of the molecule is CCC(CC)(CC(=O)O)NC(=O)CC1CC(c2ccccc2)C1. The molecular formula is C19H27NO3. The summed E-state index contributed by atoms with van der Waals surface area (Å²) in [6.07, 6.45) is 3.86. The highest BCUT2D eigenvalue weighted by atomic mass is 16.4. The summed E-state index contributed by atoms with van der Waals surface area (Å²) < 4.78 is 0. The Morgan fingerprint density at radius 1 is 1.17 bits per heavy atom. The Kier molecular flexibility index (Phi) is 5.80. The van der Waals surface area contributed by atoms with Gasteiger partial charge in [-0.25, -0.2) is 0 Å². The molecule has 1 aliphatic carbocycles. The summed E-state index contributed by atoms with van der Waals surface area (Å²) in [6, 6.07) is 10.4. The second-order valence-corrected chi connectivity index (χ2v) is 6.76. The van der Waals surface area contributed by atoms with E-state index in [1.54, 1.807) is 0 Å². The van der Waals surface area contributed by atoms with E-state index in [0.29, 0.717) is 31.1 Å². The molecule has 23 heavy (non-hydrogen) atoms. The Morgan fingerprint density at radius 2 is 1.78 bits per heavy atom. The van der Waals surface area contributed by atoms with Crippen LogP contribution in [0.5, 0.6) is 0 Å². The molecule has 1 fully saturated rings. The van der Waals surface area contributed by atoms with Crippen molar-refractivity contribution in [3.05, 3.63) is 35.9 Å². The summed E-state index contributed by atoms with van der Waals surface area (Å²) in [5, 5.41) is 12.1. The maximum Gasteiger partial charge on any atom is 0.305 e. The number of carbonyl (C=O) groups excluding carboxylic acids is 1. The van der Waals surface area contributed by atoms with E-state index in [1.165, 1.54) is 5.56 Å². The van der Waals surface area contributed by atoms with Gasteiger partial charge < -0.3 is 10.4 Å². The fourth-order valence-electron chi connectivity index (χ4n) is 3.52. The molecule has 0 aliphatic heterocycles. The average molecular weight is 317 g/mol. The number of carboxylic acid groups (broad SMARTS) is 1. The van der Waals surface area contributed by atoms with Crippen LogP contribution in [-0.2, 0) is 9.59 Å². The monoisotopic (exact) mass is 317 g/mol. The van der Waals surface area contributed by atoms with E-state index < -0.39 is 11.5 Å². The molecule has 1 amide bonds. The Morgan fingerprint density at radius 3 is 2.30 bits per heavy atom. The van der Waals surface area contributed by atoms with Crippen molar-refractivity contribution in [3.8, 4) is 0 Å². The van der Waals surface area contributed by atoms with Crippen molar-refractivity contribution in [1.82, 2.24) is 5.32 Å². The van der Waals surface area contributed by atoms with Crippen molar-refractivity contribution in [2.75, 3.05) is 0 Å².